The minimum absolute atomic E-state index is 0.103. The Kier molecular flexibility index (Phi) is 2.91. The van der Waals surface area contributed by atoms with Crippen LogP contribution < -0.4 is 0 Å². The molecule has 0 radical (unpaired) electrons. The SMILES string of the molecule is CCc1cc2cc(CO)cc(Br)c2s1. The zero-order valence-corrected chi connectivity index (χ0v) is 10.3. The zero-order chi connectivity index (χ0) is 10.1. The van der Waals surface area contributed by atoms with Gasteiger partial charge < -0.3 is 5.11 Å². The molecule has 3 heteroatoms. The number of halogens is 1. The van der Waals surface area contributed by atoms with Gasteiger partial charge in [0.15, 0.2) is 0 Å². The van der Waals surface area contributed by atoms with Crippen LogP contribution in [0, 0.1) is 0 Å². The van der Waals surface area contributed by atoms with Gasteiger partial charge in [0.2, 0.25) is 0 Å². The van der Waals surface area contributed by atoms with Crippen LogP contribution in [0.1, 0.15) is 17.4 Å². The van der Waals surface area contributed by atoms with Gasteiger partial charge in [-0.05, 0) is 51.5 Å². The number of hydrogen-bond acceptors (Lipinski definition) is 2. The van der Waals surface area contributed by atoms with E-state index >= 15 is 0 Å². The molecule has 0 bridgehead atoms. The van der Waals surface area contributed by atoms with E-state index in [1.165, 1.54) is 15.0 Å². The van der Waals surface area contributed by atoms with Gasteiger partial charge in [0.05, 0.1) is 6.61 Å². The molecule has 1 heterocycles. The molecule has 74 valence electrons. The third-order valence-corrected chi connectivity index (χ3v) is 4.43. The number of aryl methyl sites for hydroxylation is 1. The Balaban J connectivity index is 2.67. The Morgan fingerprint density at radius 1 is 1.36 bits per heavy atom. The van der Waals surface area contributed by atoms with Crippen LogP contribution in [0.3, 0.4) is 0 Å². The highest BCUT2D eigenvalue weighted by Gasteiger charge is 2.05. The van der Waals surface area contributed by atoms with Gasteiger partial charge in [-0.1, -0.05) is 6.92 Å². The van der Waals surface area contributed by atoms with Gasteiger partial charge >= 0.3 is 0 Å². The Labute approximate surface area is 95.5 Å². The van der Waals surface area contributed by atoms with Gasteiger partial charge in [0.25, 0.3) is 0 Å². The molecule has 0 saturated heterocycles. The molecule has 0 aliphatic heterocycles. The van der Waals surface area contributed by atoms with Crippen LogP contribution in [0.5, 0.6) is 0 Å². The third-order valence-electron chi connectivity index (χ3n) is 2.21. The van der Waals surface area contributed by atoms with Crippen LogP contribution in [-0.2, 0) is 13.0 Å². The van der Waals surface area contributed by atoms with E-state index in [4.69, 9.17) is 5.11 Å². The summed E-state index contributed by atoms with van der Waals surface area (Å²) in [7, 11) is 0. The minimum Gasteiger partial charge on any atom is -0.392 e. The van der Waals surface area contributed by atoms with Crippen molar-refractivity contribution in [2.24, 2.45) is 0 Å². The summed E-state index contributed by atoms with van der Waals surface area (Å²) in [5.41, 5.74) is 0.963. The molecule has 2 aromatic rings. The minimum atomic E-state index is 0.103. The lowest BCUT2D eigenvalue weighted by Gasteiger charge is -1.98. The van der Waals surface area contributed by atoms with Crippen molar-refractivity contribution in [3.8, 4) is 0 Å². The van der Waals surface area contributed by atoms with E-state index in [2.05, 4.69) is 35.0 Å². The predicted molar refractivity (Wildman–Crippen MR) is 64.8 cm³/mol. The molecule has 1 nitrogen and oxygen atoms in total. The Hall–Kier alpha value is -0.380. The lowest BCUT2D eigenvalue weighted by molar-refractivity contribution is 0.282. The summed E-state index contributed by atoms with van der Waals surface area (Å²) in [5, 5.41) is 10.3. The van der Waals surface area contributed by atoms with Crippen LogP contribution >= 0.6 is 27.3 Å². The van der Waals surface area contributed by atoms with Crippen molar-refractivity contribution < 1.29 is 5.11 Å². The summed E-state index contributed by atoms with van der Waals surface area (Å²) in [4.78, 5) is 1.38. The lowest BCUT2D eigenvalue weighted by Crippen LogP contribution is -1.81. The number of benzene rings is 1. The maximum absolute atomic E-state index is 9.07. The van der Waals surface area contributed by atoms with Gasteiger partial charge in [0.1, 0.15) is 0 Å². The number of aliphatic hydroxyl groups is 1. The Bertz CT molecular complexity index is 462. The van der Waals surface area contributed by atoms with Gasteiger partial charge in [0, 0.05) is 14.0 Å². The highest BCUT2D eigenvalue weighted by molar-refractivity contribution is 9.10. The zero-order valence-electron chi connectivity index (χ0n) is 7.88. The number of rotatable bonds is 2. The van der Waals surface area contributed by atoms with Crippen LogP contribution in [0.15, 0.2) is 22.7 Å². The van der Waals surface area contributed by atoms with Crippen molar-refractivity contribution in [2.45, 2.75) is 20.0 Å². The van der Waals surface area contributed by atoms with E-state index in [-0.39, 0.29) is 6.61 Å². The summed E-state index contributed by atoms with van der Waals surface area (Å²) in [6, 6.07) is 6.23. The molecule has 1 aromatic heterocycles. The summed E-state index contributed by atoms with van der Waals surface area (Å²) in [5.74, 6) is 0. The van der Waals surface area contributed by atoms with E-state index in [0.29, 0.717) is 0 Å². The molecule has 1 N–H and O–H groups in total. The van der Waals surface area contributed by atoms with Crippen LogP contribution in [0.2, 0.25) is 0 Å². The highest BCUT2D eigenvalue weighted by Crippen LogP contribution is 2.33. The first-order chi connectivity index (χ1) is 6.74. The quantitative estimate of drug-likeness (QED) is 0.882. The van der Waals surface area contributed by atoms with Crippen molar-refractivity contribution in [1.82, 2.24) is 0 Å². The van der Waals surface area contributed by atoms with Crippen molar-refractivity contribution >= 4 is 37.4 Å². The molecular formula is C11H11BrOS. The van der Waals surface area contributed by atoms with Crippen LogP contribution in [0.4, 0.5) is 0 Å². The number of thiophene rings is 1. The first kappa shape index (κ1) is 10.1. The molecule has 0 amide bonds. The fourth-order valence-corrected chi connectivity index (χ4v) is 3.24. The Morgan fingerprint density at radius 3 is 2.79 bits per heavy atom. The molecule has 0 unspecified atom stereocenters. The molecule has 0 saturated carbocycles. The smallest absolute Gasteiger partial charge is 0.0682 e. The monoisotopic (exact) mass is 270 g/mol. The largest absolute Gasteiger partial charge is 0.392 e. The average Bonchev–Trinajstić information content (AvgIpc) is 2.61. The molecule has 0 atom stereocenters. The van der Waals surface area contributed by atoms with Crippen molar-refractivity contribution in [3.05, 3.63) is 33.1 Å². The van der Waals surface area contributed by atoms with Crippen molar-refractivity contribution in [2.75, 3.05) is 0 Å². The van der Waals surface area contributed by atoms with E-state index in [1.807, 2.05) is 17.4 Å². The molecule has 14 heavy (non-hydrogen) atoms. The van der Waals surface area contributed by atoms with Gasteiger partial charge in [-0.15, -0.1) is 11.3 Å². The first-order valence-corrected chi connectivity index (χ1v) is 6.17. The van der Waals surface area contributed by atoms with Crippen LogP contribution in [-0.4, -0.2) is 5.11 Å². The number of hydrogen-bond donors (Lipinski definition) is 1. The Morgan fingerprint density at radius 2 is 2.14 bits per heavy atom. The van der Waals surface area contributed by atoms with Gasteiger partial charge in [-0.2, -0.15) is 0 Å². The highest BCUT2D eigenvalue weighted by atomic mass is 79.9. The summed E-state index contributed by atoms with van der Waals surface area (Å²) < 4.78 is 2.36. The second-order valence-corrected chi connectivity index (χ2v) is 5.21. The van der Waals surface area contributed by atoms with E-state index in [0.717, 1.165) is 16.5 Å². The number of aliphatic hydroxyl groups excluding tert-OH is 1. The average molecular weight is 271 g/mol. The second kappa shape index (κ2) is 4.01. The van der Waals surface area contributed by atoms with E-state index in [9.17, 15) is 0 Å². The molecule has 1 aromatic carbocycles. The van der Waals surface area contributed by atoms with Crippen molar-refractivity contribution in [1.29, 1.82) is 0 Å². The van der Waals surface area contributed by atoms with Crippen LogP contribution in [0.25, 0.3) is 10.1 Å². The second-order valence-electron chi connectivity index (χ2n) is 3.22. The topological polar surface area (TPSA) is 20.2 Å². The fourth-order valence-electron chi connectivity index (χ4n) is 1.49. The van der Waals surface area contributed by atoms with Gasteiger partial charge in [-0.25, -0.2) is 0 Å². The van der Waals surface area contributed by atoms with Gasteiger partial charge in [-0.3, -0.25) is 0 Å². The molecule has 2 rings (SSSR count). The number of fused-ring (bicyclic) bond motifs is 1. The molecule has 0 aliphatic carbocycles. The maximum Gasteiger partial charge on any atom is 0.0682 e. The summed E-state index contributed by atoms with van der Waals surface area (Å²) in [6.07, 6.45) is 1.07. The summed E-state index contributed by atoms with van der Waals surface area (Å²) in [6.45, 7) is 2.26. The van der Waals surface area contributed by atoms with E-state index in [1.54, 1.807) is 0 Å². The van der Waals surface area contributed by atoms with E-state index < -0.39 is 0 Å². The standard InChI is InChI=1S/C11H11BrOS/c1-2-9-5-8-3-7(6-13)4-10(12)11(8)14-9/h3-5,13H,2,6H2,1H3. The first-order valence-electron chi connectivity index (χ1n) is 4.56. The summed E-state index contributed by atoms with van der Waals surface area (Å²) >= 11 is 5.34. The van der Waals surface area contributed by atoms with Crippen molar-refractivity contribution in [3.63, 3.8) is 0 Å². The fraction of sp³-hybridized carbons (Fsp3) is 0.273. The normalized spacial score (nSPS) is 11.1. The third kappa shape index (κ3) is 1.72. The maximum atomic E-state index is 9.07. The molecule has 0 fully saturated rings. The molecule has 0 spiro atoms. The predicted octanol–water partition coefficient (Wildman–Crippen LogP) is 3.72. The molecular weight excluding hydrogens is 260 g/mol. The lowest BCUT2D eigenvalue weighted by atomic mass is 10.1. The molecule has 0 aliphatic rings.